The number of hydrogen-bond acceptors (Lipinski definition) is 3. The summed E-state index contributed by atoms with van der Waals surface area (Å²) in [6.07, 6.45) is 0.766. The molecule has 1 rings (SSSR count). The van der Waals surface area contributed by atoms with Crippen molar-refractivity contribution in [2.45, 2.75) is 38.0 Å². The second kappa shape index (κ2) is 5.42. The van der Waals surface area contributed by atoms with Gasteiger partial charge in [-0.2, -0.15) is 0 Å². The van der Waals surface area contributed by atoms with E-state index in [0.29, 0.717) is 23.6 Å². The first kappa shape index (κ1) is 14.5. The smallest absolute Gasteiger partial charge is 0.246 e. The molecule has 6 heteroatoms. The minimum absolute atomic E-state index is 0.137. The van der Waals surface area contributed by atoms with Gasteiger partial charge in [0.1, 0.15) is 16.4 Å². The van der Waals surface area contributed by atoms with E-state index in [0.717, 1.165) is 6.42 Å². The molecule has 0 aromatic carbocycles. The van der Waals surface area contributed by atoms with Crippen LogP contribution in [0.1, 0.15) is 30.4 Å². The molecule has 0 aliphatic heterocycles. The molecular weight excluding hydrogens is 262 g/mol. The van der Waals surface area contributed by atoms with Gasteiger partial charge in [-0.05, 0) is 20.3 Å². The Morgan fingerprint density at radius 1 is 1.29 bits per heavy atom. The maximum absolute atomic E-state index is 12.3. The van der Waals surface area contributed by atoms with Gasteiger partial charge in [-0.25, -0.2) is 12.7 Å². The summed E-state index contributed by atoms with van der Waals surface area (Å²) in [5.41, 5.74) is 0.562. The van der Waals surface area contributed by atoms with Gasteiger partial charge in [0, 0.05) is 19.2 Å². The highest BCUT2D eigenvalue weighted by Gasteiger charge is 2.29. The summed E-state index contributed by atoms with van der Waals surface area (Å²) in [6.45, 7) is 5.79. The Bertz CT molecular complexity index is 493. The Morgan fingerprint density at radius 3 is 2.35 bits per heavy atom. The lowest BCUT2D eigenvalue weighted by Crippen LogP contribution is -2.28. The number of rotatable bonds is 5. The van der Waals surface area contributed by atoms with Crippen LogP contribution in [0.5, 0.6) is 0 Å². The van der Waals surface area contributed by atoms with Crippen molar-refractivity contribution >= 4 is 21.6 Å². The lowest BCUT2D eigenvalue weighted by Gasteiger charge is -2.16. The summed E-state index contributed by atoms with van der Waals surface area (Å²) in [5.74, 6) is 1.11. The van der Waals surface area contributed by atoms with Gasteiger partial charge in [-0.3, -0.25) is 0 Å². The summed E-state index contributed by atoms with van der Waals surface area (Å²) >= 11 is 5.80. The minimum atomic E-state index is -3.50. The number of alkyl halides is 1. The Hall–Kier alpha value is -0.520. The van der Waals surface area contributed by atoms with Gasteiger partial charge in [0.2, 0.25) is 10.0 Å². The number of halogens is 1. The lowest BCUT2D eigenvalue weighted by molar-refractivity contribution is 0.461. The zero-order chi connectivity index (χ0) is 13.2. The highest BCUT2D eigenvalue weighted by Crippen LogP contribution is 2.29. The van der Waals surface area contributed by atoms with Gasteiger partial charge in [0.25, 0.3) is 0 Å². The maximum atomic E-state index is 12.3. The van der Waals surface area contributed by atoms with Crippen molar-refractivity contribution in [2.75, 3.05) is 13.6 Å². The standard InChI is InChI=1S/C11H18ClNO3S/c1-5-6-13(4)17(14,15)11-9(3)16-8(2)10(11)7-12/h5-7H2,1-4H3. The Kier molecular flexibility index (Phi) is 4.63. The second-order valence-corrected chi connectivity index (χ2v) is 6.23. The van der Waals surface area contributed by atoms with Crippen molar-refractivity contribution in [1.29, 1.82) is 0 Å². The molecule has 1 heterocycles. The highest BCUT2D eigenvalue weighted by atomic mass is 35.5. The van der Waals surface area contributed by atoms with E-state index in [9.17, 15) is 8.42 Å². The molecule has 1 aromatic heterocycles. The molecule has 0 aliphatic carbocycles. The van der Waals surface area contributed by atoms with Crippen molar-refractivity contribution < 1.29 is 12.8 Å². The molecule has 0 unspecified atom stereocenters. The molecule has 4 nitrogen and oxygen atoms in total. The first-order valence-electron chi connectivity index (χ1n) is 5.47. The number of hydrogen-bond donors (Lipinski definition) is 0. The third-order valence-corrected chi connectivity index (χ3v) is 4.99. The molecule has 0 saturated heterocycles. The fourth-order valence-corrected chi connectivity index (χ4v) is 3.86. The average Bonchev–Trinajstić information content (AvgIpc) is 2.53. The van der Waals surface area contributed by atoms with Crippen LogP contribution in [0, 0.1) is 13.8 Å². The summed E-state index contributed by atoms with van der Waals surface area (Å²) < 4.78 is 31.4. The molecule has 0 saturated carbocycles. The molecular formula is C11H18ClNO3S. The second-order valence-electron chi connectivity index (χ2n) is 3.98. The fourth-order valence-electron chi connectivity index (χ4n) is 1.79. The molecule has 0 bridgehead atoms. The maximum Gasteiger partial charge on any atom is 0.246 e. The fraction of sp³-hybridized carbons (Fsp3) is 0.636. The van der Waals surface area contributed by atoms with Crippen LogP contribution in [0.3, 0.4) is 0 Å². The zero-order valence-corrected chi connectivity index (χ0v) is 12.2. The van der Waals surface area contributed by atoms with Crippen LogP contribution in [-0.2, 0) is 15.9 Å². The van der Waals surface area contributed by atoms with Crippen molar-refractivity contribution in [2.24, 2.45) is 0 Å². The van der Waals surface area contributed by atoms with E-state index in [-0.39, 0.29) is 10.8 Å². The SMILES string of the molecule is CCCN(C)S(=O)(=O)c1c(C)oc(C)c1CCl. The van der Waals surface area contributed by atoms with Gasteiger partial charge < -0.3 is 4.42 Å². The van der Waals surface area contributed by atoms with Gasteiger partial charge in [-0.15, -0.1) is 11.6 Å². The monoisotopic (exact) mass is 279 g/mol. The van der Waals surface area contributed by atoms with Crippen molar-refractivity contribution in [3.05, 3.63) is 17.1 Å². The molecule has 98 valence electrons. The first-order valence-corrected chi connectivity index (χ1v) is 7.44. The van der Waals surface area contributed by atoms with Crippen LogP contribution in [0.25, 0.3) is 0 Å². The minimum Gasteiger partial charge on any atom is -0.465 e. The van der Waals surface area contributed by atoms with Crippen LogP contribution >= 0.6 is 11.6 Å². The summed E-state index contributed by atoms with van der Waals surface area (Å²) in [6, 6.07) is 0. The molecule has 0 atom stereocenters. The topological polar surface area (TPSA) is 50.5 Å². The largest absolute Gasteiger partial charge is 0.465 e. The van der Waals surface area contributed by atoms with E-state index in [4.69, 9.17) is 16.0 Å². The Morgan fingerprint density at radius 2 is 1.88 bits per heavy atom. The molecule has 0 aliphatic rings. The predicted octanol–water partition coefficient (Wildman–Crippen LogP) is 2.67. The highest BCUT2D eigenvalue weighted by molar-refractivity contribution is 7.89. The number of furan rings is 1. The summed E-state index contributed by atoms with van der Waals surface area (Å²) in [4.78, 5) is 0.223. The molecule has 0 spiro atoms. The van der Waals surface area contributed by atoms with E-state index in [2.05, 4.69) is 0 Å². The number of sulfonamides is 1. The van der Waals surface area contributed by atoms with Crippen molar-refractivity contribution in [1.82, 2.24) is 4.31 Å². The van der Waals surface area contributed by atoms with Crippen molar-refractivity contribution in [3.8, 4) is 0 Å². The Balaban J connectivity index is 3.33. The summed E-state index contributed by atoms with van der Waals surface area (Å²) in [7, 11) is -1.93. The molecule has 17 heavy (non-hydrogen) atoms. The van der Waals surface area contributed by atoms with E-state index < -0.39 is 10.0 Å². The first-order chi connectivity index (χ1) is 7.86. The normalized spacial score (nSPS) is 12.4. The van der Waals surface area contributed by atoms with E-state index in [1.54, 1.807) is 20.9 Å². The zero-order valence-electron chi connectivity index (χ0n) is 10.6. The van der Waals surface area contributed by atoms with Gasteiger partial charge in [0.15, 0.2) is 0 Å². The molecule has 1 aromatic rings. The van der Waals surface area contributed by atoms with Crippen LogP contribution in [0.15, 0.2) is 9.31 Å². The number of nitrogens with zero attached hydrogens (tertiary/aromatic N) is 1. The van der Waals surface area contributed by atoms with Crippen molar-refractivity contribution in [3.63, 3.8) is 0 Å². The van der Waals surface area contributed by atoms with Crippen LogP contribution in [0.4, 0.5) is 0 Å². The van der Waals surface area contributed by atoms with Gasteiger partial charge >= 0.3 is 0 Å². The molecule has 0 amide bonds. The molecule has 0 radical (unpaired) electrons. The average molecular weight is 280 g/mol. The molecule has 0 N–H and O–H groups in total. The van der Waals surface area contributed by atoms with Gasteiger partial charge in [-0.1, -0.05) is 6.92 Å². The van der Waals surface area contributed by atoms with E-state index in [1.165, 1.54) is 4.31 Å². The van der Waals surface area contributed by atoms with Gasteiger partial charge in [0.05, 0.1) is 5.88 Å². The summed E-state index contributed by atoms with van der Waals surface area (Å²) in [5, 5.41) is 0. The molecule has 0 fully saturated rings. The number of aryl methyl sites for hydroxylation is 2. The third-order valence-electron chi connectivity index (χ3n) is 2.67. The van der Waals surface area contributed by atoms with Crippen LogP contribution in [0.2, 0.25) is 0 Å². The third kappa shape index (κ3) is 2.67. The predicted molar refractivity (Wildman–Crippen MR) is 67.8 cm³/mol. The Labute approximate surface area is 108 Å². The van der Waals surface area contributed by atoms with E-state index in [1.807, 2.05) is 6.92 Å². The van der Waals surface area contributed by atoms with Crippen LogP contribution < -0.4 is 0 Å². The van der Waals surface area contributed by atoms with Crippen LogP contribution in [-0.4, -0.2) is 26.3 Å². The lowest BCUT2D eigenvalue weighted by atomic mass is 10.3. The quantitative estimate of drug-likeness (QED) is 0.779. The van der Waals surface area contributed by atoms with E-state index >= 15 is 0 Å².